The van der Waals surface area contributed by atoms with Crippen LogP contribution in [0.1, 0.15) is 50.0 Å². The van der Waals surface area contributed by atoms with Gasteiger partial charge in [0.05, 0.1) is 13.2 Å². The van der Waals surface area contributed by atoms with E-state index < -0.39 is 0 Å². The third-order valence-electron chi connectivity index (χ3n) is 4.49. The lowest BCUT2D eigenvalue weighted by molar-refractivity contribution is 0.254. The number of hydrogen-bond acceptors (Lipinski definition) is 6. The number of ether oxygens (including phenoxy) is 1. The molecule has 0 spiro atoms. The lowest BCUT2D eigenvalue weighted by Gasteiger charge is -2.28. The molecule has 0 bridgehead atoms. The number of nitrogens with zero attached hydrogens (tertiary/aromatic N) is 3. The van der Waals surface area contributed by atoms with Gasteiger partial charge in [0.25, 0.3) is 0 Å². The van der Waals surface area contributed by atoms with Gasteiger partial charge in [-0.05, 0) is 43.6 Å². The van der Waals surface area contributed by atoms with Crippen LogP contribution in [0, 0.1) is 0 Å². The van der Waals surface area contributed by atoms with E-state index in [9.17, 15) is 0 Å². The standard InChI is InChI=1S/C18H26N4O2/c1-13(2)17-20-18(24-21-17)19-12-16(22-10-4-5-11-22)14-6-8-15(23-3)9-7-14/h6-9,13,16H,4-5,10-12H2,1-3H3,(H,19,20,21). The lowest BCUT2D eigenvalue weighted by Crippen LogP contribution is -2.31. The Bertz CT molecular complexity index is 633. The topological polar surface area (TPSA) is 63.4 Å². The maximum Gasteiger partial charge on any atom is 0.321 e. The first-order chi connectivity index (χ1) is 11.7. The van der Waals surface area contributed by atoms with Gasteiger partial charge in [0.15, 0.2) is 5.82 Å². The molecule has 1 aromatic carbocycles. The van der Waals surface area contributed by atoms with Crippen LogP contribution in [0.4, 0.5) is 6.01 Å². The Morgan fingerprint density at radius 1 is 1.21 bits per heavy atom. The molecule has 1 fully saturated rings. The summed E-state index contributed by atoms with van der Waals surface area (Å²) in [6, 6.07) is 9.08. The van der Waals surface area contributed by atoms with Crippen LogP contribution in [-0.2, 0) is 0 Å². The Kier molecular flexibility index (Phi) is 5.35. The molecule has 0 amide bonds. The molecule has 2 heterocycles. The van der Waals surface area contributed by atoms with Gasteiger partial charge in [-0.3, -0.25) is 4.90 Å². The maximum atomic E-state index is 5.30. The van der Waals surface area contributed by atoms with Gasteiger partial charge in [-0.1, -0.05) is 31.1 Å². The van der Waals surface area contributed by atoms with Crippen molar-refractivity contribution in [1.29, 1.82) is 0 Å². The van der Waals surface area contributed by atoms with Crippen molar-refractivity contribution < 1.29 is 9.26 Å². The first kappa shape index (κ1) is 16.8. The van der Waals surface area contributed by atoms with E-state index in [0.717, 1.165) is 31.2 Å². The second-order valence-electron chi connectivity index (χ2n) is 6.53. The largest absolute Gasteiger partial charge is 0.497 e. The molecule has 1 atom stereocenters. The van der Waals surface area contributed by atoms with Crippen molar-refractivity contribution in [1.82, 2.24) is 15.0 Å². The van der Waals surface area contributed by atoms with E-state index in [1.54, 1.807) is 7.11 Å². The van der Waals surface area contributed by atoms with Crippen LogP contribution in [0.3, 0.4) is 0 Å². The molecule has 1 unspecified atom stereocenters. The summed E-state index contributed by atoms with van der Waals surface area (Å²) in [5.41, 5.74) is 1.27. The number of anilines is 1. The fourth-order valence-corrected chi connectivity index (χ4v) is 3.06. The highest BCUT2D eigenvalue weighted by Gasteiger charge is 2.24. The van der Waals surface area contributed by atoms with E-state index in [2.05, 4.69) is 46.3 Å². The number of benzene rings is 1. The van der Waals surface area contributed by atoms with Gasteiger partial charge in [0, 0.05) is 12.5 Å². The second-order valence-corrected chi connectivity index (χ2v) is 6.53. The average Bonchev–Trinajstić information content (AvgIpc) is 3.27. The van der Waals surface area contributed by atoms with Crippen molar-refractivity contribution in [3.05, 3.63) is 35.7 Å². The van der Waals surface area contributed by atoms with Gasteiger partial charge in [0.2, 0.25) is 0 Å². The lowest BCUT2D eigenvalue weighted by atomic mass is 10.1. The molecule has 6 heteroatoms. The van der Waals surface area contributed by atoms with Crippen molar-refractivity contribution >= 4 is 6.01 Å². The molecule has 6 nitrogen and oxygen atoms in total. The van der Waals surface area contributed by atoms with E-state index in [1.165, 1.54) is 18.4 Å². The monoisotopic (exact) mass is 330 g/mol. The van der Waals surface area contributed by atoms with Gasteiger partial charge in [-0.15, -0.1) is 0 Å². The van der Waals surface area contributed by atoms with Crippen LogP contribution >= 0.6 is 0 Å². The van der Waals surface area contributed by atoms with Crippen molar-refractivity contribution in [2.45, 2.75) is 38.6 Å². The van der Waals surface area contributed by atoms with E-state index in [0.29, 0.717) is 6.01 Å². The molecule has 1 aliphatic rings. The van der Waals surface area contributed by atoms with Crippen molar-refractivity contribution in [3.8, 4) is 5.75 Å². The molecule has 3 rings (SSSR count). The minimum Gasteiger partial charge on any atom is -0.497 e. The van der Waals surface area contributed by atoms with Gasteiger partial charge in [-0.2, -0.15) is 4.98 Å². The highest BCUT2D eigenvalue weighted by Crippen LogP contribution is 2.27. The molecule has 0 saturated carbocycles. The van der Waals surface area contributed by atoms with Crippen molar-refractivity contribution in [2.75, 3.05) is 32.1 Å². The number of rotatable bonds is 7. The predicted octanol–water partition coefficient (Wildman–Crippen LogP) is 3.45. The highest BCUT2D eigenvalue weighted by molar-refractivity contribution is 5.31. The van der Waals surface area contributed by atoms with E-state index in [-0.39, 0.29) is 12.0 Å². The molecule has 1 N–H and O–H groups in total. The quantitative estimate of drug-likeness (QED) is 0.839. The normalized spacial score (nSPS) is 16.5. The minimum absolute atomic E-state index is 0.264. The molecule has 0 aliphatic carbocycles. The summed E-state index contributed by atoms with van der Waals surface area (Å²) < 4.78 is 10.6. The zero-order valence-electron chi connectivity index (χ0n) is 14.7. The molecule has 2 aromatic rings. The second kappa shape index (κ2) is 7.66. The van der Waals surface area contributed by atoms with Crippen LogP contribution < -0.4 is 10.1 Å². The zero-order valence-corrected chi connectivity index (χ0v) is 14.7. The Hall–Kier alpha value is -2.08. The summed E-state index contributed by atoms with van der Waals surface area (Å²) >= 11 is 0. The Balaban J connectivity index is 1.71. The van der Waals surface area contributed by atoms with Crippen LogP contribution in [-0.4, -0.2) is 41.8 Å². The molecular weight excluding hydrogens is 304 g/mol. The summed E-state index contributed by atoms with van der Waals surface area (Å²) in [7, 11) is 1.69. The third-order valence-corrected chi connectivity index (χ3v) is 4.49. The van der Waals surface area contributed by atoms with Crippen LogP contribution in [0.15, 0.2) is 28.8 Å². The van der Waals surface area contributed by atoms with Gasteiger partial charge < -0.3 is 14.6 Å². The van der Waals surface area contributed by atoms with E-state index in [4.69, 9.17) is 9.26 Å². The van der Waals surface area contributed by atoms with E-state index >= 15 is 0 Å². The molecule has 24 heavy (non-hydrogen) atoms. The van der Waals surface area contributed by atoms with Gasteiger partial charge in [-0.25, -0.2) is 0 Å². The number of hydrogen-bond donors (Lipinski definition) is 1. The van der Waals surface area contributed by atoms with E-state index in [1.807, 2.05) is 12.1 Å². The molecule has 1 aromatic heterocycles. The Labute approximate surface area is 143 Å². The van der Waals surface area contributed by atoms with Crippen molar-refractivity contribution in [2.24, 2.45) is 0 Å². The van der Waals surface area contributed by atoms with Gasteiger partial charge >= 0.3 is 6.01 Å². The first-order valence-corrected chi connectivity index (χ1v) is 8.63. The number of methoxy groups -OCH3 is 1. The summed E-state index contributed by atoms with van der Waals surface area (Å²) in [6.45, 7) is 7.10. The smallest absolute Gasteiger partial charge is 0.321 e. The summed E-state index contributed by atoms with van der Waals surface area (Å²) in [5.74, 6) is 1.88. The van der Waals surface area contributed by atoms with Crippen molar-refractivity contribution in [3.63, 3.8) is 0 Å². The van der Waals surface area contributed by atoms with Gasteiger partial charge in [0.1, 0.15) is 5.75 Å². The number of nitrogens with one attached hydrogen (secondary N) is 1. The molecule has 130 valence electrons. The molecule has 1 saturated heterocycles. The fraction of sp³-hybridized carbons (Fsp3) is 0.556. The Morgan fingerprint density at radius 2 is 1.92 bits per heavy atom. The van der Waals surface area contributed by atoms with Crippen LogP contribution in [0.25, 0.3) is 0 Å². The number of likely N-dealkylation sites (tertiary alicyclic amines) is 1. The summed E-state index contributed by atoms with van der Waals surface area (Å²) in [6.07, 6.45) is 2.51. The average molecular weight is 330 g/mol. The number of aromatic nitrogens is 2. The molecule has 0 radical (unpaired) electrons. The first-order valence-electron chi connectivity index (χ1n) is 8.63. The summed E-state index contributed by atoms with van der Waals surface area (Å²) in [4.78, 5) is 6.91. The Morgan fingerprint density at radius 3 is 2.50 bits per heavy atom. The minimum atomic E-state index is 0.264. The maximum absolute atomic E-state index is 5.30. The highest BCUT2D eigenvalue weighted by atomic mass is 16.5. The molecule has 1 aliphatic heterocycles. The van der Waals surface area contributed by atoms with Crippen LogP contribution in [0.2, 0.25) is 0 Å². The molecular formula is C18H26N4O2. The third kappa shape index (κ3) is 3.87. The predicted molar refractivity (Wildman–Crippen MR) is 93.4 cm³/mol. The zero-order chi connectivity index (χ0) is 16.9. The SMILES string of the molecule is COc1ccc(C(CNc2nc(C(C)C)no2)N2CCCC2)cc1. The summed E-state index contributed by atoms with van der Waals surface area (Å²) in [5, 5.41) is 7.32. The fourth-order valence-electron chi connectivity index (χ4n) is 3.06. The van der Waals surface area contributed by atoms with Crippen LogP contribution in [0.5, 0.6) is 5.75 Å².